The summed E-state index contributed by atoms with van der Waals surface area (Å²) in [6, 6.07) is -0.135. The van der Waals surface area contributed by atoms with Gasteiger partial charge < -0.3 is 10.6 Å². The van der Waals surface area contributed by atoms with Crippen molar-refractivity contribution in [1.29, 1.82) is 0 Å². The fourth-order valence-corrected chi connectivity index (χ4v) is 2.58. The number of nitrogens with one attached hydrogen (secondary N) is 2. The fraction of sp³-hybridized carbons (Fsp3) is 0.875. The van der Waals surface area contributed by atoms with Crippen LogP contribution in [0.3, 0.4) is 0 Å². The van der Waals surface area contributed by atoms with Gasteiger partial charge in [-0.3, -0.25) is 14.5 Å². The van der Waals surface area contributed by atoms with Gasteiger partial charge in [-0.1, -0.05) is 6.92 Å². The van der Waals surface area contributed by atoms with Gasteiger partial charge in [0.2, 0.25) is 11.8 Å². The molecule has 0 aromatic heterocycles. The molecule has 0 radical (unpaired) electrons. The number of likely N-dealkylation sites (tertiary alicyclic amines) is 1. The number of hydrogen-bond donors (Lipinski definition) is 2. The highest BCUT2D eigenvalue weighted by molar-refractivity contribution is 5.82. The molecule has 1 fully saturated rings. The zero-order valence-corrected chi connectivity index (χ0v) is 14.2. The number of hydrogen-bond acceptors (Lipinski definition) is 3. The number of carbonyl (C=O) groups excluding carboxylic acids is 2. The van der Waals surface area contributed by atoms with Gasteiger partial charge in [0.15, 0.2) is 0 Å². The topological polar surface area (TPSA) is 61.4 Å². The zero-order valence-electron chi connectivity index (χ0n) is 14.2. The van der Waals surface area contributed by atoms with Crippen molar-refractivity contribution >= 4 is 11.8 Å². The van der Waals surface area contributed by atoms with Crippen molar-refractivity contribution in [2.75, 3.05) is 19.6 Å². The average molecular weight is 297 g/mol. The molecule has 1 rings (SSSR count). The lowest BCUT2D eigenvalue weighted by Crippen LogP contribution is -2.53. The monoisotopic (exact) mass is 297 g/mol. The smallest absolute Gasteiger partial charge is 0.237 e. The van der Waals surface area contributed by atoms with E-state index in [1.807, 2.05) is 27.7 Å². The first kappa shape index (κ1) is 18.0. The predicted molar refractivity (Wildman–Crippen MR) is 85.0 cm³/mol. The summed E-state index contributed by atoms with van der Waals surface area (Å²) in [5, 5.41) is 5.98. The van der Waals surface area contributed by atoms with Crippen LogP contribution in [0.2, 0.25) is 0 Å². The molecule has 1 saturated heterocycles. The summed E-state index contributed by atoms with van der Waals surface area (Å²) in [7, 11) is 0. The van der Waals surface area contributed by atoms with E-state index in [1.165, 1.54) is 0 Å². The third kappa shape index (κ3) is 6.04. The first-order chi connectivity index (χ1) is 9.74. The van der Waals surface area contributed by atoms with Crippen LogP contribution in [-0.4, -0.2) is 47.9 Å². The molecule has 0 bridgehead atoms. The van der Waals surface area contributed by atoms with Crippen LogP contribution < -0.4 is 10.6 Å². The number of rotatable bonds is 5. The molecule has 2 N–H and O–H groups in total. The molecular formula is C16H31N3O2. The van der Waals surface area contributed by atoms with Crippen LogP contribution in [0.25, 0.3) is 0 Å². The second-order valence-electron chi connectivity index (χ2n) is 7.02. The van der Waals surface area contributed by atoms with Gasteiger partial charge >= 0.3 is 0 Å². The zero-order chi connectivity index (χ0) is 16.0. The molecule has 0 aromatic rings. The number of nitrogens with zero attached hydrogens (tertiary/aromatic N) is 1. The van der Waals surface area contributed by atoms with Gasteiger partial charge in [-0.15, -0.1) is 0 Å². The van der Waals surface area contributed by atoms with Gasteiger partial charge in [-0.2, -0.15) is 0 Å². The molecule has 0 saturated carbocycles. The van der Waals surface area contributed by atoms with Gasteiger partial charge in [-0.25, -0.2) is 0 Å². The van der Waals surface area contributed by atoms with E-state index in [0.29, 0.717) is 0 Å². The van der Waals surface area contributed by atoms with E-state index in [-0.39, 0.29) is 29.3 Å². The highest BCUT2D eigenvalue weighted by Gasteiger charge is 2.30. The van der Waals surface area contributed by atoms with E-state index in [2.05, 4.69) is 22.5 Å². The molecule has 0 aliphatic carbocycles. The van der Waals surface area contributed by atoms with Crippen LogP contribution >= 0.6 is 0 Å². The molecule has 1 aliphatic rings. The van der Waals surface area contributed by atoms with Crippen molar-refractivity contribution in [2.24, 2.45) is 5.92 Å². The third-order valence-electron chi connectivity index (χ3n) is 3.87. The van der Waals surface area contributed by atoms with E-state index >= 15 is 0 Å². The Morgan fingerprint density at radius 2 is 1.81 bits per heavy atom. The van der Waals surface area contributed by atoms with Gasteiger partial charge in [0.25, 0.3) is 0 Å². The van der Waals surface area contributed by atoms with Gasteiger partial charge in [-0.05, 0) is 60.0 Å². The number of amides is 2. The minimum Gasteiger partial charge on any atom is -0.356 e. The van der Waals surface area contributed by atoms with Crippen LogP contribution in [-0.2, 0) is 9.59 Å². The lowest BCUT2D eigenvalue weighted by Gasteiger charge is -2.36. The highest BCUT2D eigenvalue weighted by Crippen LogP contribution is 2.19. The molecule has 0 spiro atoms. The Bertz CT molecular complexity index is 355. The molecule has 2 amide bonds. The first-order valence-corrected chi connectivity index (χ1v) is 8.08. The lowest BCUT2D eigenvalue weighted by atomic mass is 9.94. The van der Waals surface area contributed by atoms with Crippen molar-refractivity contribution in [1.82, 2.24) is 15.5 Å². The van der Waals surface area contributed by atoms with E-state index in [9.17, 15) is 9.59 Å². The van der Waals surface area contributed by atoms with E-state index in [4.69, 9.17) is 0 Å². The van der Waals surface area contributed by atoms with E-state index in [1.54, 1.807) is 0 Å². The minimum atomic E-state index is -0.205. The standard InChI is InChI=1S/C16H31N3O2/c1-6-9-17-15(21)13-7-10-19(11-8-13)12(2)14(20)18-16(3,4)5/h12-13H,6-11H2,1-5H3,(H,17,21)(H,18,20). The number of carbonyl (C=O) groups is 2. The summed E-state index contributed by atoms with van der Waals surface area (Å²) in [5.74, 6) is 0.338. The highest BCUT2D eigenvalue weighted by atomic mass is 16.2. The summed E-state index contributed by atoms with van der Waals surface area (Å²) in [6.45, 7) is 12.3. The molecule has 5 heteroatoms. The Balaban J connectivity index is 2.41. The first-order valence-electron chi connectivity index (χ1n) is 8.08. The second kappa shape index (κ2) is 7.78. The normalized spacial score (nSPS) is 19.1. The fourth-order valence-electron chi connectivity index (χ4n) is 2.58. The molecule has 21 heavy (non-hydrogen) atoms. The average Bonchev–Trinajstić information content (AvgIpc) is 2.42. The Morgan fingerprint density at radius 1 is 1.24 bits per heavy atom. The maximum Gasteiger partial charge on any atom is 0.237 e. The van der Waals surface area contributed by atoms with Gasteiger partial charge in [0, 0.05) is 18.0 Å². The molecule has 1 unspecified atom stereocenters. The SMILES string of the molecule is CCCNC(=O)C1CCN(C(C)C(=O)NC(C)(C)C)CC1. The molecule has 1 aliphatic heterocycles. The molecule has 1 atom stereocenters. The van der Waals surface area contributed by atoms with Crippen molar-refractivity contribution in [3.63, 3.8) is 0 Å². The number of piperidine rings is 1. The minimum absolute atomic E-state index is 0.0661. The molecule has 1 heterocycles. The maximum absolute atomic E-state index is 12.2. The second-order valence-corrected chi connectivity index (χ2v) is 7.02. The van der Waals surface area contributed by atoms with Crippen molar-refractivity contribution in [3.05, 3.63) is 0 Å². The largest absolute Gasteiger partial charge is 0.356 e. The van der Waals surface area contributed by atoms with Gasteiger partial charge in [0.1, 0.15) is 0 Å². The molecular weight excluding hydrogens is 266 g/mol. The molecule has 5 nitrogen and oxygen atoms in total. The van der Waals surface area contributed by atoms with E-state index < -0.39 is 0 Å². The Kier molecular flexibility index (Phi) is 6.65. The van der Waals surface area contributed by atoms with Crippen LogP contribution in [0.4, 0.5) is 0 Å². The Labute approximate surface area is 128 Å². The summed E-state index contributed by atoms with van der Waals surface area (Å²) < 4.78 is 0. The summed E-state index contributed by atoms with van der Waals surface area (Å²) in [6.07, 6.45) is 2.64. The van der Waals surface area contributed by atoms with Crippen molar-refractivity contribution < 1.29 is 9.59 Å². The van der Waals surface area contributed by atoms with Crippen molar-refractivity contribution in [3.8, 4) is 0 Å². The predicted octanol–water partition coefficient (Wildman–Crippen LogP) is 1.53. The summed E-state index contributed by atoms with van der Waals surface area (Å²) >= 11 is 0. The van der Waals surface area contributed by atoms with E-state index in [0.717, 1.165) is 38.9 Å². The van der Waals surface area contributed by atoms with Gasteiger partial charge in [0.05, 0.1) is 6.04 Å². The van der Waals surface area contributed by atoms with Crippen LogP contribution in [0.15, 0.2) is 0 Å². The third-order valence-corrected chi connectivity index (χ3v) is 3.87. The van der Waals surface area contributed by atoms with Crippen LogP contribution in [0.5, 0.6) is 0 Å². The maximum atomic E-state index is 12.2. The Morgan fingerprint density at radius 3 is 2.29 bits per heavy atom. The molecule has 122 valence electrons. The van der Waals surface area contributed by atoms with Crippen LogP contribution in [0.1, 0.15) is 53.9 Å². The summed E-state index contributed by atoms with van der Waals surface area (Å²) in [4.78, 5) is 26.3. The molecule has 0 aromatic carbocycles. The van der Waals surface area contributed by atoms with Crippen molar-refractivity contribution in [2.45, 2.75) is 65.5 Å². The summed E-state index contributed by atoms with van der Waals surface area (Å²) in [5.41, 5.74) is -0.205. The lowest BCUT2D eigenvalue weighted by molar-refractivity contribution is -0.129. The Hall–Kier alpha value is -1.10. The quantitative estimate of drug-likeness (QED) is 0.809. The van der Waals surface area contributed by atoms with Crippen LogP contribution in [0, 0.1) is 5.92 Å².